The van der Waals surface area contributed by atoms with E-state index in [9.17, 15) is 0 Å². The van der Waals surface area contributed by atoms with Crippen LogP contribution < -0.4 is 0 Å². The zero-order valence-electron chi connectivity index (χ0n) is 15.0. The molecule has 0 aliphatic carbocycles. The molecule has 0 aromatic rings. The Labute approximate surface area is 140 Å². The second-order valence-corrected chi connectivity index (χ2v) is 15.7. The van der Waals surface area contributed by atoms with Gasteiger partial charge in [-0.25, -0.2) is 0 Å². The number of hydrogen-bond acceptors (Lipinski definition) is 1. The first kappa shape index (κ1) is 23.5. The van der Waals surface area contributed by atoms with Gasteiger partial charge in [-0.1, -0.05) is 0 Å². The summed E-state index contributed by atoms with van der Waals surface area (Å²) in [7, 11) is 0. The summed E-state index contributed by atoms with van der Waals surface area (Å²) in [6, 6.07) is 0. The van der Waals surface area contributed by atoms with Gasteiger partial charge < -0.3 is 5.11 Å². The van der Waals surface area contributed by atoms with Crippen molar-refractivity contribution in [2.75, 3.05) is 0 Å². The Morgan fingerprint density at radius 3 is 1.43 bits per heavy atom. The predicted octanol–water partition coefficient (Wildman–Crippen LogP) is 6.53. The average molecular weight is 406 g/mol. The van der Waals surface area contributed by atoms with Gasteiger partial charge in [0.2, 0.25) is 0 Å². The number of carbonyl (C=O) groups is 1. The molecule has 0 saturated heterocycles. The predicted molar refractivity (Wildman–Crippen MR) is 96.7 cm³/mol. The van der Waals surface area contributed by atoms with Gasteiger partial charge in [-0.2, -0.15) is 0 Å². The van der Waals surface area contributed by atoms with Crippen LogP contribution in [0.2, 0.25) is 13.3 Å². The van der Waals surface area contributed by atoms with Gasteiger partial charge in [-0.15, -0.1) is 0 Å². The summed E-state index contributed by atoms with van der Waals surface area (Å²) in [6.07, 6.45) is 14.9. The van der Waals surface area contributed by atoms with E-state index in [2.05, 4.69) is 20.8 Å². The molecular formula is C18H39O2Sn. The van der Waals surface area contributed by atoms with Crippen molar-refractivity contribution in [2.45, 2.75) is 105 Å². The zero-order valence-corrected chi connectivity index (χ0v) is 17.9. The van der Waals surface area contributed by atoms with Crippen LogP contribution in [0.5, 0.6) is 0 Å². The zero-order chi connectivity index (χ0) is 16.3. The van der Waals surface area contributed by atoms with E-state index in [1.165, 1.54) is 57.8 Å². The van der Waals surface area contributed by atoms with Gasteiger partial charge in [-0.05, 0) is 0 Å². The Balaban J connectivity index is 0. The molecule has 3 heteroatoms. The molecule has 21 heavy (non-hydrogen) atoms. The van der Waals surface area contributed by atoms with E-state index in [4.69, 9.17) is 9.90 Å². The maximum atomic E-state index is 9.00. The first-order chi connectivity index (χ1) is 10.1. The first-order valence-corrected chi connectivity index (χ1v) is 15.2. The van der Waals surface area contributed by atoms with Crippen molar-refractivity contribution in [3.63, 3.8) is 0 Å². The van der Waals surface area contributed by atoms with Crippen LogP contribution in [0.25, 0.3) is 0 Å². The Kier molecular flexibility index (Phi) is 22.7. The van der Waals surface area contributed by atoms with Crippen LogP contribution in [-0.2, 0) is 4.79 Å². The first-order valence-electron chi connectivity index (χ1n) is 9.11. The molecule has 0 aromatic carbocycles. The Morgan fingerprint density at radius 2 is 1.10 bits per heavy atom. The fraction of sp³-hybridized carbons (Fsp3) is 0.944. The van der Waals surface area contributed by atoms with Crippen LogP contribution in [-0.4, -0.2) is 30.8 Å². The van der Waals surface area contributed by atoms with Gasteiger partial charge in [0.1, 0.15) is 0 Å². The van der Waals surface area contributed by atoms with Gasteiger partial charge in [0, 0.05) is 6.92 Å². The SMILES string of the molecule is CC(=O)O.CCCCCCCCCCC[CH2][Sn]([CH2]C)[CH2]C. The number of carboxylic acid groups (broad SMARTS) is 1. The molecule has 0 saturated carbocycles. The molecule has 1 N–H and O–H groups in total. The number of unbranched alkanes of at least 4 members (excludes halogenated alkanes) is 9. The van der Waals surface area contributed by atoms with Crippen molar-refractivity contribution in [1.82, 2.24) is 0 Å². The van der Waals surface area contributed by atoms with Gasteiger partial charge in [0.05, 0.1) is 0 Å². The summed E-state index contributed by atoms with van der Waals surface area (Å²) in [4.78, 5) is 9.00. The topological polar surface area (TPSA) is 37.3 Å². The number of aliphatic carboxylic acids is 1. The third kappa shape index (κ3) is 25.6. The molecule has 0 unspecified atom stereocenters. The quantitative estimate of drug-likeness (QED) is 0.279. The minimum absolute atomic E-state index is 0.800. The normalized spacial score (nSPS) is 10.3. The van der Waals surface area contributed by atoms with Crippen molar-refractivity contribution in [3.8, 4) is 0 Å². The molecule has 0 aliphatic heterocycles. The van der Waals surface area contributed by atoms with Crippen LogP contribution >= 0.6 is 0 Å². The third-order valence-corrected chi connectivity index (χ3v) is 12.6. The number of carboxylic acids is 1. The van der Waals surface area contributed by atoms with Crippen molar-refractivity contribution in [1.29, 1.82) is 0 Å². The van der Waals surface area contributed by atoms with Gasteiger partial charge in [-0.3, -0.25) is 4.79 Å². The summed E-state index contributed by atoms with van der Waals surface area (Å²) in [5.74, 6) is -0.833. The molecule has 0 fully saturated rings. The van der Waals surface area contributed by atoms with Crippen molar-refractivity contribution in [2.24, 2.45) is 0 Å². The average Bonchev–Trinajstić information content (AvgIpc) is 2.44. The third-order valence-electron chi connectivity index (χ3n) is 3.88. The molecule has 0 bridgehead atoms. The van der Waals surface area contributed by atoms with E-state index < -0.39 is 25.7 Å². The Hall–Kier alpha value is 0.269. The second-order valence-electron chi connectivity index (χ2n) is 5.91. The van der Waals surface area contributed by atoms with Crippen molar-refractivity contribution < 1.29 is 9.90 Å². The maximum absolute atomic E-state index is 9.00. The second kappa shape index (κ2) is 20.3. The van der Waals surface area contributed by atoms with Gasteiger partial charge >= 0.3 is 118 Å². The van der Waals surface area contributed by atoms with E-state index in [0.717, 1.165) is 6.92 Å². The molecule has 0 rings (SSSR count). The van der Waals surface area contributed by atoms with E-state index in [-0.39, 0.29) is 0 Å². The molecule has 0 aromatic heterocycles. The Bertz CT molecular complexity index is 199. The molecule has 2 nitrogen and oxygen atoms in total. The molecule has 1 radical (unpaired) electrons. The fourth-order valence-electron chi connectivity index (χ4n) is 2.47. The summed E-state index contributed by atoms with van der Waals surface area (Å²) in [5, 5.41) is 7.42. The Morgan fingerprint density at radius 1 is 0.762 bits per heavy atom. The van der Waals surface area contributed by atoms with Crippen LogP contribution in [0.15, 0.2) is 0 Å². The van der Waals surface area contributed by atoms with E-state index >= 15 is 0 Å². The standard InChI is InChI=1S/C12H25.C2H4O2.2C2H5.Sn/c1-3-5-7-9-11-12-10-8-6-4-2;1-2(3)4;2*1-2;/h1,3-12H2,2H3;1H3,(H,3,4);2*1H2,2H3;. The molecular weight excluding hydrogens is 367 g/mol. The monoisotopic (exact) mass is 407 g/mol. The van der Waals surface area contributed by atoms with E-state index in [0.29, 0.717) is 0 Å². The number of rotatable bonds is 13. The van der Waals surface area contributed by atoms with E-state index in [1.54, 1.807) is 19.7 Å². The van der Waals surface area contributed by atoms with Crippen LogP contribution in [0.1, 0.15) is 91.9 Å². The fourth-order valence-corrected chi connectivity index (χ4v) is 8.05. The molecule has 0 amide bonds. The van der Waals surface area contributed by atoms with Crippen LogP contribution in [0.3, 0.4) is 0 Å². The van der Waals surface area contributed by atoms with Crippen molar-refractivity contribution >= 4 is 25.7 Å². The summed E-state index contributed by atoms with van der Waals surface area (Å²) in [5.41, 5.74) is 0. The summed E-state index contributed by atoms with van der Waals surface area (Å²) < 4.78 is 4.83. The summed E-state index contributed by atoms with van der Waals surface area (Å²) in [6.45, 7) is 8.23. The van der Waals surface area contributed by atoms with Gasteiger partial charge in [0.25, 0.3) is 5.97 Å². The molecule has 127 valence electrons. The summed E-state index contributed by atoms with van der Waals surface area (Å²) >= 11 is -0.800. The van der Waals surface area contributed by atoms with Gasteiger partial charge in [0.15, 0.2) is 0 Å². The minimum atomic E-state index is -0.833. The van der Waals surface area contributed by atoms with Crippen LogP contribution in [0, 0.1) is 0 Å². The molecule has 0 atom stereocenters. The van der Waals surface area contributed by atoms with E-state index in [1.807, 2.05) is 0 Å². The number of hydrogen-bond donors (Lipinski definition) is 1. The molecule has 0 heterocycles. The molecule has 0 spiro atoms. The van der Waals surface area contributed by atoms with Crippen molar-refractivity contribution in [3.05, 3.63) is 0 Å². The molecule has 0 aliphatic rings. The van der Waals surface area contributed by atoms with Crippen LogP contribution in [0.4, 0.5) is 0 Å².